The molecule has 2 aromatic carbocycles. The van der Waals surface area contributed by atoms with E-state index in [2.05, 4.69) is 27.6 Å². The Labute approximate surface area is 137 Å². The quantitative estimate of drug-likeness (QED) is 0.472. The highest BCUT2D eigenvalue weighted by atomic mass is 127. The summed E-state index contributed by atoms with van der Waals surface area (Å²) in [6.07, 6.45) is 0. The van der Waals surface area contributed by atoms with Gasteiger partial charge in [-0.1, -0.05) is 18.2 Å². The predicted octanol–water partition coefficient (Wildman–Crippen LogP) is 4.69. The second-order valence-electron chi connectivity index (χ2n) is 5.13. The summed E-state index contributed by atoms with van der Waals surface area (Å²) < 4.78 is 1.02. The molecule has 0 atom stereocenters. The van der Waals surface area contributed by atoms with Gasteiger partial charge in [0.25, 0.3) is 0 Å². The number of aryl methyl sites for hydroxylation is 2. The highest BCUT2D eigenvalue weighted by Gasteiger charge is 2.14. The summed E-state index contributed by atoms with van der Waals surface area (Å²) in [5, 5.41) is 0.995. The minimum Gasteiger partial charge on any atom is -0.289 e. The summed E-state index contributed by atoms with van der Waals surface area (Å²) in [6, 6.07) is 15.5. The number of rotatable bonds is 2. The van der Waals surface area contributed by atoms with Gasteiger partial charge in [0.2, 0.25) is 0 Å². The summed E-state index contributed by atoms with van der Waals surface area (Å²) in [4.78, 5) is 17.2. The fourth-order valence-corrected chi connectivity index (χ4v) is 2.95. The lowest BCUT2D eigenvalue weighted by Crippen LogP contribution is -2.04. The van der Waals surface area contributed by atoms with Crippen LogP contribution in [0.15, 0.2) is 48.5 Å². The molecule has 1 heterocycles. The Balaban J connectivity index is 2.09. The zero-order valence-corrected chi connectivity index (χ0v) is 14.0. The number of hydrogen-bond donors (Lipinski definition) is 0. The van der Waals surface area contributed by atoms with Crippen LogP contribution in [-0.4, -0.2) is 10.8 Å². The molecule has 3 rings (SSSR count). The van der Waals surface area contributed by atoms with Crippen molar-refractivity contribution in [2.24, 2.45) is 0 Å². The first-order chi connectivity index (χ1) is 10.1. The molecule has 0 aliphatic rings. The van der Waals surface area contributed by atoms with E-state index in [1.54, 1.807) is 0 Å². The molecule has 1 aromatic heterocycles. The maximum atomic E-state index is 12.7. The van der Waals surface area contributed by atoms with Gasteiger partial charge in [0.05, 0.1) is 5.52 Å². The first-order valence-corrected chi connectivity index (χ1v) is 7.81. The molecule has 3 heteroatoms. The van der Waals surface area contributed by atoms with Crippen molar-refractivity contribution in [1.29, 1.82) is 0 Å². The van der Waals surface area contributed by atoms with Crippen LogP contribution in [0.1, 0.15) is 27.2 Å². The van der Waals surface area contributed by atoms with Gasteiger partial charge in [-0.15, -0.1) is 0 Å². The van der Waals surface area contributed by atoms with Gasteiger partial charge in [0.15, 0.2) is 5.78 Å². The van der Waals surface area contributed by atoms with Crippen molar-refractivity contribution in [3.8, 4) is 0 Å². The van der Waals surface area contributed by atoms with Crippen molar-refractivity contribution in [3.63, 3.8) is 0 Å². The van der Waals surface area contributed by atoms with Crippen LogP contribution in [0.5, 0.6) is 0 Å². The van der Waals surface area contributed by atoms with E-state index in [-0.39, 0.29) is 5.78 Å². The van der Waals surface area contributed by atoms with Crippen LogP contribution in [0.4, 0.5) is 0 Å². The molecule has 3 aromatic rings. The number of benzene rings is 2. The predicted molar refractivity (Wildman–Crippen MR) is 93.8 cm³/mol. The van der Waals surface area contributed by atoms with Crippen LogP contribution in [0.3, 0.4) is 0 Å². The van der Waals surface area contributed by atoms with E-state index < -0.39 is 0 Å². The van der Waals surface area contributed by atoms with Crippen molar-refractivity contribution in [3.05, 3.63) is 74.5 Å². The standard InChI is InChI=1S/C18H14INO/c1-11-4-3-5-15(17(11)19)18(21)14-8-9-16-13(10-14)7-6-12(2)20-16/h3-10H,1-2H3. The Hall–Kier alpha value is -1.75. The van der Waals surface area contributed by atoms with E-state index in [0.717, 1.165) is 31.3 Å². The summed E-state index contributed by atoms with van der Waals surface area (Å²) in [5.41, 5.74) is 4.49. The van der Waals surface area contributed by atoms with Crippen molar-refractivity contribution >= 4 is 39.3 Å². The minimum atomic E-state index is 0.0607. The molecule has 0 saturated heterocycles. The summed E-state index contributed by atoms with van der Waals surface area (Å²) in [5.74, 6) is 0.0607. The summed E-state index contributed by atoms with van der Waals surface area (Å²) >= 11 is 2.24. The van der Waals surface area contributed by atoms with Gasteiger partial charge in [-0.2, -0.15) is 0 Å². The molecule has 0 unspecified atom stereocenters. The maximum absolute atomic E-state index is 12.7. The molecule has 0 aliphatic carbocycles. The number of fused-ring (bicyclic) bond motifs is 1. The highest BCUT2D eigenvalue weighted by Crippen LogP contribution is 2.22. The van der Waals surface area contributed by atoms with Gasteiger partial charge in [-0.3, -0.25) is 9.78 Å². The van der Waals surface area contributed by atoms with Gasteiger partial charge < -0.3 is 0 Å². The molecule has 2 nitrogen and oxygen atoms in total. The van der Waals surface area contributed by atoms with Crippen LogP contribution in [0, 0.1) is 17.4 Å². The second-order valence-corrected chi connectivity index (χ2v) is 6.20. The van der Waals surface area contributed by atoms with Crippen LogP contribution in [-0.2, 0) is 0 Å². The normalized spacial score (nSPS) is 10.8. The first kappa shape index (κ1) is 14.2. The number of nitrogens with zero attached hydrogens (tertiary/aromatic N) is 1. The molecule has 0 spiro atoms. The lowest BCUT2D eigenvalue weighted by atomic mass is 10.00. The third-order valence-electron chi connectivity index (χ3n) is 3.53. The average Bonchev–Trinajstić information content (AvgIpc) is 2.49. The van der Waals surface area contributed by atoms with E-state index in [0.29, 0.717) is 5.56 Å². The van der Waals surface area contributed by atoms with E-state index >= 15 is 0 Å². The Kier molecular flexibility index (Phi) is 3.76. The lowest BCUT2D eigenvalue weighted by Gasteiger charge is -2.07. The molecular weight excluding hydrogens is 373 g/mol. The largest absolute Gasteiger partial charge is 0.289 e. The van der Waals surface area contributed by atoms with Gasteiger partial charge >= 0.3 is 0 Å². The number of pyridine rings is 1. The van der Waals surface area contributed by atoms with Crippen LogP contribution in [0.25, 0.3) is 10.9 Å². The topological polar surface area (TPSA) is 30.0 Å². The van der Waals surface area contributed by atoms with Crippen LogP contribution in [0.2, 0.25) is 0 Å². The third kappa shape index (κ3) is 2.70. The zero-order chi connectivity index (χ0) is 15.0. The highest BCUT2D eigenvalue weighted by molar-refractivity contribution is 14.1. The Morgan fingerprint density at radius 2 is 1.86 bits per heavy atom. The fraction of sp³-hybridized carbons (Fsp3) is 0.111. The van der Waals surface area contributed by atoms with Crippen LogP contribution < -0.4 is 0 Å². The van der Waals surface area contributed by atoms with E-state index in [9.17, 15) is 4.79 Å². The number of carbonyl (C=O) groups excluding carboxylic acids is 1. The number of aromatic nitrogens is 1. The minimum absolute atomic E-state index is 0.0607. The zero-order valence-electron chi connectivity index (χ0n) is 11.9. The maximum Gasteiger partial charge on any atom is 0.194 e. The van der Waals surface area contributed by atoms with E-state index in [1.165, 1.54) is 0 Å². The Morgan fingerprint density at radius 3 is 2.67 bits per heavy atom. The summed E-state index contributed by atoms with van der Waals surface area (Å²) in [6.45, 7) is 3.99. The molecule has 0 N–H and O–H groups in total. The lowest BCUT2D eigenvalue weighted by molar-refractivity contribution is 0.103. The molecule has 0 amide bonds. The molecule has 104 valence electrons. The van der Waals surface area contributed by atoms with Crippen molar-refractivity contribution in [1.82, 2.24) is 4.98 Å². The molecule has 0 radical (unpaired) electrons. The van der Waals surface area contributed by atoms with Gasteiger partial charge in [-0.25, -0.2) is 0 Å². The van der Waals surface area contributed by atoms with Crippen LogP contribution >= 0.6 is 22.6 Å². The van der Waals surface area contributed by atoms with Crippen molar-refractivity contribution in [2.45, 2.75) is 13.8 Å². The summed E-state index contributed by atoms with van der Waals surface area (Å²) in [7, 11) is 0. The Morgan fingerprint density at radius 1 is 1.05 bits per heavy atom. The third-order valence-corrected chi connectivity index (χ3v) is 4.96. The average molecular weight is 387 g/mol. The number of hydrogen-bond acceptors (Lipinski definition) is 2. The molecule has 0 fully saturated rings. The molecule has 0 aliphatic heterocycles. The fourth-order valence-electron chi connectivity index (χ4n) is 2.35. The number of ketones is 1. The van der Waals surface area contributed by atoms with Gasteiger partial charge in [-0.05, 0) is 72.3 Å². The smallest absolute Gasteiger partial charge is 0.194 e. The SMILES string of the molecule is Cc1ccc2cc(C(=O)c3cccc(C)c3I)ccc2n1. The van der Waals surface area contributed by atoms with Crippen molar-refractivity contribution in [2.75, 3.05) is 0 Å². The molecule has 0 saturated carbocycles. The van der Waals surface area contributed by atoms with Crippen molar-refractivity contribution < 1.29 is 4.79 Å². The van der Waals surface area contributed by atoms with Gasteiger partial charge in [0.1, 0.15) is 0 Å². The molecular formula is C18H14INO. The second kappa shape index (κ2) is 5.56. The van der Waals surface area contributed by atoms with E-state index in [4.69, 9.17) is 0 Å². The molecule has 21 heavy (non-hydrogen) atoms. The Bertz CT molecular complexity index is 855. The number of halogens is 1. The molecule has 0 bridgehead atoms. The number of carbonyl (C=O) groups is 1. The first-order valence-electron chi connectivity index (χ1n) is 6.73. The van der Waals surface area contributed by atoms with Gasteiger partial charge in [0, 0.05) is 25.8 Å². The van der Waals surface area contributed by atoms with E-state index in [1.807, 2.05) is 62.4 Å². The monoisotopic (exact) mass is 387 g/mol.